The first-order chi connectivity index (χ1) is 7.70. The Balaban J connectivity index is 2.10. The molecule has 4 heteroatoms. The van der Waals surface area contributed by atoms with E-state index in [2.05, 4.69) is 34.8 Å². The molecule has 1 aromatic rings. The van der Waals surface area contributed by atoms with Crippen molar-refractivity contribution in [3.63, 3.8) is 0 Å². The van der Waals surface area contributed by atoms with Crippen LogP contribution in [0.25, 0.3) is 0 Å². The topological polar surface area (TPSA) is 43.2 Å². The quantitative estimate of drug-likeness (QED) is 0.705. The van der Waals surface area contributed by atoms with Crippen LogP contribution < -0.4 is 4.90 Å². The van der Waals surface area contributed by atoms with Crippen molar-refractivity contribution < 1.29 is 0 Å². The minimum Gasteiger partial charge on any atom is -0.354 e. The molecule has 0 spiro atoms. The Labute approximate surface area is 96.1 Å². The van der Waals surface area contributed by atoms with Gasteiger partial charge < -0.3 is 9.80 Å². The fraction of sp³-hybridized carbons (Fsp3) is 0.500. The number of likely N-dealkylation sites (N-methyl/N-ethyl adjacent to an activating group) is 1. The standard InChI is InChI=1S/C12H16N4/c1-10-9-16(6-5-15(10)2)12-4-3-11(7-13)8-14-12/h3-4,8,10H,5-6,9H2,1-2H3/t10-/m0/s1. The lowest BCUT2D eigenvalue weighted by molar-refractivity contribution is 0.233. The number of pyridine rings is 1. The Morgan fingerprint density at radius 2 is 2.25 bits per heavy atom. The second-order valence-electron chi connectivity index (χ2n) is 4.29. The van der Waals surface area contributed by atoms with Crippen molar-refractivity contribution in [2.45, 2.75) is 13.0 Å². The highest BCUT2D eigenvalue weighted by molar-refractivity contribution is 5.42. The molecule has 1 aromatic heterocycles. The Kier molecular flexibility index (Phi) is 3.07. The highest BCUT2D eigenvalue weighted by Crippen LogP contribution is 2.15. The largest absolute Gasteiger partial charge is 0.354 e. The van der Waals surface area contributed by atoms with Crippen LogP contribution in [0, 0.1) is 11.3 Å². The van der Waals surface area contributed by atoms with Gasteiger partial charge in [0, 0.05) is 31.9 Å². The predicted molar refractivity (Wildman–Crippen MR) is 63.3 cm³/mol. The highest BCUT2D eigenvalue weighted by Gasteiger charge is 2.21. The zero-order valence-corrected chi connectivity index (χ0v) is 9.72. The first kappa shape index (κ1) is 10.9. The fourth-order valence-corrected chi connectivity index (χ4v) is 1.90. The molecule has 0 bridgehead atoms. The van der Waals surface area contributed by atoms with Gasteiger partial charge in [-0.15, -0.1) is 0 Å². The third-order valence-electron chi connectivity index (χ3n) is 3.16. The summed E-state index contributed by atoms with van der Waals surface area (Å²) in [5.41, 5.74) is 0.617. The van der Waals surface area contributed by atoms with E-state index in [-0.39, 0.29) is 0 Å². The molecule has 1 aliphatic heterocycles. The summed E-state index contributed by atoms with van der Waals surface area (Å²) in [6.45, 7) is 5.27. The van der Waals surface area contributed by atoms with Gasteiger partial charge in [-0.05, 0) is 26.1 Å². The number of nitriles is 1. The van der Waals surface area contributed by atoms with Crippen LogP contribution in [0.1, 0.15) is 12.5 Å². The van der Waals surface area contributed by atoms with Gasteiger partial charge >= 0.3 is 0 Å². The molecule has 2 rings (SSSR count). The summed E-state index contributed by atoms with van der Waals surface area (Å²) in [4.78, 5) is 8.93. The van der Waals surface area contributed by atoms with Crippen LogP contribution in [0.15, 0.2) is 18.3 Å². The molecule has 1 fully saturated rings. The molecule has 1 atom stereocenters. The van der Waals surface area contributed by atoms with E-state index in [1.165, 1.54) is 0 Å². The summed E-state index contributed by atoms with van der Waals surface area (Å²) >= 11 is 0. The van der Waals surface area contributed by atoms with E-state index in [1.807, 2.05) is 12.1 Å². The van der Waals surface area contributed by atoms with Gasteiger partial charge in [0.2, 0.25) is 0 Å². The molecular formula is C12H16N4. The third kappa shape index (κ3) is 2.15. The number of rotatable bonds is 1. The monoisotopic (exact) mass is 216 g/mol. The van der Waals surface area contributed by atoms with Crippen LogP contribution in [-0.4, -0.2) is 42.6 Å². The lowest BCUT2D eigenvalue weighted by Gasteiger charge is -2.38. The molecule has 0 amide bonds. The Bertz CT molecular complexity index is 392. The molecule has 0 aliphatic carbocycles. The summed E-state index contributed by atoms with van der Waals surface area (Å²) in [6.07, 6.45) is 1.64. The van der Waals surface area contributed by atoms with Gasteiger partial charge in [-0.25, -0.2) is 4.98 Å². The minimum absolute atomic E-state index is 0.547. The lowest BCUT2D eigenvalue weighted by Crippen LogP contribution is -2.50. The van der Waals surface area contributed by atoms with E-state index in [1.54, 1.807) is 6.20 Å². The minimum atomic E-state index is 0.547. The average molecular weight is 216 g/mol. The number of nitrogens with zero attached hydrogens (tertiary/aromatic N) is 4. The lowest BCUT2D eigenvalue weighted by atomic mass is 10.2. The van der Waals surface area contributed by atoms with Crippen molar-refractivity contribution in [1.82, 2.24) is 9.88 Å². The van der Waals surface area contributed by atoms with Crippen LogP contribution in [0.5, 0.6) is 0 Å². The molecule has 16 heavy (non-hydrogen) atoms. The van der Waals surface area contributed by atoms with E-state index >= 15 is 0 Å². The fourth-order valence-electron chi connectivity index (χ4n) is 1.90. The molecule has 0 saturated carbocycles. The van der Waals surface area contributed by atoms with E-state index < -0.39 is 0 Å². The Morgan fingerprint density at radius 3 is 2.81 bits per heavy atom. The van der Waals surface area contributed by atoms with Gasteiger partial charge in [0.05, 0.1) is 5.56 Å². The van der Waals surface area contributed by atoms with Gasteiger partial charge in [0.25, 0.3) is 0 Å². The van der Waals surface area contributed by atoms with Crippen molar-refractivity contribution >= 4 is 5.82 Å². The van der Waals surface area contributed by atoms with Gasteiger partial charge in [0.1, 0.15) is 11.9 Å². The smallest absolute Gasteiger partial charge is 0.128 e. The van der Waals surface area contributed by atoms with Gasteiger partial charge in [-0.3, -0.25) is 0 Å². The molecule has 0 radical (unpaired) electrons. The number of hydrogen-bond donors (Lipinski definition) is 0. The maximum atomic E-state index is 8.71. The second kappa shape index (κ2) is 4.50. The van der Waals surface area contributed by atoms with Crippen LogP contribution in [-0.2, 0) is 0 Å². The maximum Gasteiger partial charge on any atom is 0.128 e. The summed E-state index contributed by atoms with van der Waals surface area (Å²) in [5, 5.41) is 8.71. The molecule has 84 valence electrons. The summed E-state index contributed by atoms with van der Waals surface area (Å²) in [6, 6.07) is 6.38. The van der Waals surface area contributed by atoms with E-state index in [9.17, 15) is 0 Å². The van der Waals surface area contributed by atoms with Crippen LogP contribution in [0.2, 0.25) is 0 Å². The Hall–Kier alpha value is -1.60. The molecule has 0 aromatic carbocycles. The van der Waals surface area contributed by atoms with Crippen molar-refractivity contribution in [2.24, 2.45) is 0 Å². The van der Waals surface area contributed by atoms with Crippen molar-refractivity contribution in [2.75, 3.05) is 31.6 Å². The van der Waals surface area contributed by atoms with E-state index in [4.69, 9.17) is 5.26 Å². The number of aromatic nitrogens is 1. The highest BCUT2D eigenvalue weighted by atomic mass is 15.3. The van der Waals surface area contributed by atoms with Gasteiger partial charge in [-0.2, -0.15) is 5.26 Å². The molecule has 2 heterocycles. The van der Waals surface area contributed by atoms with E-state index in [0.29, 0.717) is 11.6 Å². The van der Waals surface area contributed by atoms with E-state index in [0.717, 1.165) is 25.5 Å². The zero-order chi connectivity index (χ0) is 11.5. The SMILES string of the molecule is C[C@H]1CN(c2ccc(C#N)cn2)CCN1C. The summed E-state index contributed by atoms with van der Waals surface area (Å²) in [7, 11) is 2.15. The maximum absolute atomic E-state index is 8.71. The van der Waals surface area contributed by atoms with Crippen molar-refractivity contribution in [1.29, 1.82) is 5.26 Å². The van der Waals surface area contributed by atoms with Gasteiger partial charge in [-0.1, -0.05) is 0 Å². The molecule has 4 nitrogen and oxygen atoms in total. The first-order valence-corrected chi connectivity index (χ1v) is 5.52. The Morgan fingerprint density at radius 1 is 1.44 bits per heavy atom. The summed E-state index contributed by atoms with van der Waals surface area (Å²) in [5.74, 6) is 0.971. The molecule has 1 aliphatic rings. The van der Waals surface area contributed by atoms with Crippen LogP contribution in [0.4, 0.5) is 5.82 Å². The van der Waals surface area contributed by atoms with Crippen LogP contribution in [0.3, 0.4) is 0 Å². The molecular weight excluding hydrogens is 200 g/mol. The number of piperazine rings is 1. The predicted octanol–water partition coefficient (Wildman–Crippen LogP) is 1.09. The first-order valence-electron chi connectivity index (χ1n) is 5.52. The van der Waals surface area contributed by atoms with Crippen molar-refractivity contribution in [3.05, 3.63) is 23.9 Å². The normalized spacial score (nSPS) is 21.8. The average Bonchev–Trinajstić information content (AvgIpc) is 2.33. The van der Waals surface area contributed by atoms with Gasteiger partial charge in [0.15, 0.2) is 0 Å². The second-order valence-corrected chi connectivity index (χ2v) is 4.29. The van der Waals surface area contributed by atoms with Crippen LogP contribution >= 0.6 is 0 Å². The molecule has 0 N–H and O–H groups in total. The zero-order valence-electron chi connectivity index (χ0n) is 9.72. The molecule has 0 unspecified atom stereocenters. The molecule has 1 saturated heterocycles. The number of hydrogen-bond acceptors (Lipinski definition) is 4. The summed E-state index contributed by atoms with van der Waals surface area (Å²) < 4.78 is 0. The third-order valence-corrected chi connectivity index (χ3v) is 3.16. The number of anilines is 1. The van der Waals surface area contributed by atoms with Crippen molar-refractivity contribution in [3.8, 4) is 6.07 Å².